The molecule has 0 aliphatic rings. The lowest BCUT2D eigenvalue weighted by molar-refractivity contribution is 0.285. The Hall–Kier alpha value is -4.19. The maximum atomic E-state index is 6.19. The van der Waals surface area contributed by atoms with Crippen molar-refractivity contribution in [1.82, 2.24) is 15.0 Å². The van der Waals surface area contributed by atoms with Crippen LogP contribution in [-0.4, -0.2) is 22.1 Å². The van der Waals surface area contributed by atoms with Gasteiger partial charge in [0.2, 0.25) is 5.88 Å². The summed E-state index contributed by atoms with van der Waals surface area (Å²) < 4.78 is 17.8. The Morgan fingerprint density at radius 1 is 0.710 bits per heavy atom. The van der Waals surface area contributed by atoms with Gasteiger partial charge in [0.05, 0.1) is 23.5 Å². The number of hydrogen-bond donors (Lipinski definition) is 0. The maximum absolute atomic E-state index is 6.19. The second-order valence-corrected chi connectivity index (χ2v) is 6.90. The third kappa shape index (κ3) is 3.83. The van der Waals surface area contributed by atoms with Crippen molar-refractivity contribution < 1.29 is 14.2 Å². The number of pyridine rings is 1. The first-order chi connectivity index (χ1) is 15.3. The molecule has 152 valence electrons. The van der Waals surface area contributed by atoms with E-state index in [1.165, 1.54) is 6.33 Å². The minimum absolute atomic E-state index is 0.431. The van der Waals surface area contributed by atoms with Crippen molar-refractivity contribution in [2.75, 3.05) is 7.11 Å². The SMILES string of the molecule is COc1cc2c(Oc3ccnc4ccccc34)ncnc2cc1OCc1ccccc1. The van der Waals surface area contributed by atoms with E-state index in [-0.39, 0.29) is 0 Å². The van der Waals surface area contributed by atoms with Crippen LogP contribution in [0.25, 0.3) is 21.8 Å². The van der Waals surface area contributed by atoms with Crippen molar-refractivity contribution in [3.63, 3.8) is 0 Å². The van der Waals surface area contributed by atoms with Crippen molar-refractivity contribution in [2.45, 2.75) is 6.61 Å². The number of methoxy groups -OCH3 is 1. The maximum Gasteiger partial charge on any atom is 0.230 e. The van der Waals surface area contributed by atoms with Gasteiger partial charge in [-0.3, -0.25) is 4.98 Å². The Bertz CT molecular complexity index is 1350. The van der Waals surface area contributed by atoms with Crippen LogP contribution in [0.3, 0.4) is 0 Å². The summed E-state index contributed by atoms with van der Waals surface area (Å²) in [6, 6.07) is 23.3. The molecule has 0 aliphatic heterocycles. The van der Waals surface area contributed by atoms with E-state index in [4.69, 9.17) is 14.2 Å². The molecular formula is C25H19N3O3. The number of ether oxygens (including phenoxy) is 3. The van der Waals surface area contributed by atoms with E-state index < -0.39 is 0 Å². The third-order valence-electron chi connectivity index (χ3n) is 4.94. The Morgan fingerprint density at radius 3 is 2.42 bits per heavy atom. The van der Waals surface area contributed by atoms with Crippen LogP contribution in [0.15, 0.2) is 85.3 Å². The van der Waals surface area contributed by atoms with Crippen LogP contribution in [0.2, 0.25) is 0 Å². The molecule has 2 aromatic heterocycles. The van der Waals surface area contributed by atoms with Gasteiger partial charge in [-0.05, 0) is 29.8 Å². The summed E-state index contributed by atoms with van der Waals surface area (Å²) in [5.74, 6) is 2.31. The number of aromatic nitrogens is 3. The van der Waals surface area contributed by atoms with E-state index in [2.05, 4.69) is 15.0 Å². The minimum atomic E-state index is 0.431. The van der Waals surface area contributed by atoms with Gasteiger partial charge >= 0.3 is 0 Å². The number of benzene rings is 3. The Kier molecular flexibility index (Phi) is 5.02. The predicted octanol–water partition coefficient (Wildman–Crippen LogP) is 5.56. The van der Waals surface area contributed by atoms with Crippen molar-refractivity contribution in [3.05, 3.63) is 90.9 Å². The summed E-state index contributed by atoms with van der Waals surface area (Å²) in [6.45, 7) is 0.431. The van der Waals surface area contributed by atoms with Gasteiger partial charge in [-0.2, -0.15) is 0 Å². The lowest BCUT2D eigenvalue weighted by Crippen LogP contribution is -1.99. The van der Waals surface area contributed by atoms with Crippen molar-refractivity contribution in [3.8, 4) is 23.1 Å². The molecule has 6 heteroatoms. The molecule has 0 radical (unpaired) electrons. The molecule has 3 aromatic carbocycles. The minimum Gasteiger partial charge on any atom is -0.493 e. The highest BCUT2D eigenvalue weighted by molar-refractivity contribution is 5.89. The summed E-state index contributed by atoms with van der Waals surface area (Å²) in [7, 11) is 1.61. The van der Waals surface area contributed by atoms with Gasteiger partial charge in [0.25, 0.3) is 0 Å². The summed E-state index contributed by atoms with van der Waals surface area (Å²) in [5, 5.41) is 1.64. The molecule has 0 amide bonds. The summed E-state index contributed by atoms with van der Waals surface area (Å²) in [5.41, 5.74) is 2.63. The van der Waals surface area contributed by atoms with E-state index in [1.807, 2.05) is 72.8 Å². The van der Waals surface area contributed by atoms with Crippen LogP contribution in [0.1, 0.15) is 5.56 Å². The van der Waals surface area contributed by atoms with Crippen molar-refractivity contribution >= 4 is 21.8 Å². The lowest BCUT2D eigenvalue weighted by Gasteiger charge is -2.14. The first-order valence-corrected chi connectivity index (χ1v) is 9.83. The number of fused-ring (bicyclic) bond motifs is 2. The topological polar surface area (TPSA) is 66.4 Å². The van der Waals surface area contributed by atoms with Gasteiger partial charge in [0, 0.05) is 17.6 Å². The normalized spacial score (nSPS) is 10.9. The number of hydrogen-bond acceptors (Lipinski definition) is 6. The molecule has 31 heavy (non-hydrogen) atoms. The Balaban J connectivity index is 1.51. The number of nitrogens with zero attached hydrogens (tertiary/aromatic N) is 3. The molecule has 0 spiro atoms. The van der Waals surface area contributed by atoms with Crippen molar-refractivity contribution in [2.24, 2.45) is 0 Å². The molecule has 2 heterocycles. The van der Waals surface area contributed by atoms with Crippen LogP contribution in [0.5, 0.6) is 23.1 Å². The summed E-state index contributed by atoms with van der Waals surface area (Å²) in [6.07, 6.45) is 3.20. The molecule has 0 saturated carbocycles. The molecule has 0 saturated heterocycles. The fourth-order valence-corrected chi connectivity index (χ4v) is 3.39. The van der Waals surface area contributed by atoms with Crippen LogP contribution in [-0.2, 0) is 6.61 Å². The average Bonchev–Trinajstić information content (AvgIpc) is 2.83. The van der Waals surface area contributed by atoms with Gasteiger partial charge in [-0.15, -0.1) is 0 Å². The third-order valence-corrected chi connectivity index (χ3v) is 4.94. The zero-order valence-electron chi connectivity index (χ0n) is 16.9. The highest BCUT2D eigenvalue weighted by Gasteiger charge is 2.14. The predicted molar refractivity (Wildman–Crippen MR) is 119 cm³/mol. The van der Waals surface area contributed by atoms with Gasteiger partial charge in [0.1, 0.15) is 18.7 Å². The van der Waals surface area contributed by atoms with Gasteiger partial charge in [0.15, 0.2) is 11.5 Å². The molecule has 0 aliphatic carbocycles. The lowest BCUT2D eigenvalue weighted by atomic mass is 10.2. The molecule has 0 bridgehead atoms. The molecule has 6 nitrogen and oxygen atoms in total. The molecule has 5 aromatic rings. The first kappa shape index (κ1) is 18.8. The van der Waals surface area contributed by atoms with E-state index in [0.29, 0.717) is 35.3 Å². The van der Waals surface area contributed by atoms with E-state index in [0.717, 1.165) is 21.9 Å². The zero-order valence-corrected chi connectivity index (χ0v) is 16.9. The van der Waals surface area contributed by atoms with Crippen LogP contribution >= 0.6 is 0 Å². The highest BCUT2D eigenvalue weighted by atomic mass is 16.5. The Morgan fingerprint density at radius 2 is 1.55 bits per heavy atom. The molecule has 0 unspecified atom stereocenters. The monoisotopic (exact) mass is 409 g/mol. The zero-order chi connectivity index (χ0) is 21.0. The van der Waals surface area contributed by atoms with Gasteiger partial charge < -0.3 is 14.2 Å². The number of para-hydroxylation sites is 1. The first-order valence-electron chi connectivity index (χ1n) is 9.83. The molecule has 0 N–H and O–H groups in total. The standard InChI is InChI=1S/C25H19N3O3/c1-29-23-13-19-21(14-24(23)30-15-17-7-3-2-4-8-17)27-16-28-25(19)31-22-11-12-26-20-10-6-5-9-18(20)22/h2-14,16H,15H2,1H3. The average molecular weight is 409 g/mol. The van der Waals surface area contributed by atoms with Crippen LogP contribution in [0.4, 0.5) is 0 Å². The largest absolute Gasteiger partial charge is 0.493 e. The molecule has 0 fully saturated rings. The second kappa shape index (κ2) is 8.28. The van der Waals surface area contributed by atoms with Crippen LogP contribution in [0, 0.1) is 0 Å². The number of rotatable bonds is 6. The van der Waals surface area contributed by atoms with Crippen molar-refractivity contribution in [1.29, 1.82) is 0 Å². The van der Waals surface area contributed by atoms with E-state index >= 15 is 0 Å². The van der Waals surface area contributed by atoms with Gasteiger partial charge in [-0.25, -0.2) is 9.97 Å². The van der Waals surface area contributed by atoms with E-state index in [1.54, 1.807) is 13.3 Å². The quantitative estimate of drug-likeness (QED) is 0.366. The molecule has 0 atom stereocenters. The highest BCUT2D eigenvalue weighted by Crippen LogP contribution is 2.37. The fourth-order valence-electron chi connectivity index (χ4n) is 3.39. The molecule has 5 rings (SSSR count). The Labute approximate surface area is 179 Å². The smallest absolute Gasteiger partial charge is 0.230 e. The second-order valence-electron chi connectivity index (χ2n) is 6.90. The summed E-state index contributed by atoms with van der Waals surface area (Å²) >= 11 is 0. The fraction of sp³-hybridized carbons (Fsp3) is 0.0800. The molecular weight excluding hydrogens is 390 g/mol. The summed E-state index contributed by atoms with van der Waals surface area (Å²) in [4.78, 5) is 13.1. The van der Waals surface area contributed by atoms with E-state index in [9.17, 15) is 0 Å². The van der Waals surface area contributed by atoms with Crippen LogP contribution < -0.4 is 14.2 Å². The van der Waals surface area contributed by atoms with Gasteiger partial charge in [-0.1, -0.05) is 42.5 Å².